The number of nitrogens with two attached hydrogens (primary N) is 1. The number of aromatic nitrogens is 6. The van der Waals surface area contributed by atoms with Crippen LogP contribution in [0.2, 0.25) is 0 Å². The molecule has 0 spiro atoms. The normalized spacial score (nSPS) is 11.3. The standard InChI is InChI=1S/C18H11F4N7O2/c19-12-5-10(17-25-26-18(31-17)14(21)22)6-13(20)11(12)7-29-27-16(24-28-29)9-3-1-2-8(4-9)15(23)30/h1-6,14H,7H2,(H2,23,30). The van der Waals surface area contributed by atoms with E-state index in [-0.39, 0.29) is 17.0 Å². The first-order valence-corrected chi connectivity index (χ1v) is 8.59. The zero-order valence-electron chi connectivity index (χ0n) is 15.3. The summed E-state index contributed by atoms with van der Waals surface area (Å²) in [6.45, 7) is -0.410. The summed E-state index contributed by atoms with van der Waals surface area (Å²) in [5.74, 6) is -3.93. The van der Waals surface area contributed by atoms with Gasteiger partial charge in [0.1, 0.15) is 11.6 Å². The number of primary amides is 1. The van der Waals surface area contributed by atoms with Gasteiger partial charge in [-0.2, -0.15) is 13.6 Å². The minimum atomic E-state index is -3.01. The molecule has 0 unspecified atom stereocenters. The maximum absolute atomic E-state index is 14.5. The predicted molar refractivity (Wildman–Crippen MR) is 95.5 cm³/mol. The molecule has 0 saturated heterocycles. The quantitative estimate of drug-likeness (QED) is 0.464. The van der Waals surface area contributed by atoms with Crippen LogP contribution in [0.1, 0.15) is 28.2 Å². The van der Waals surface area contributed by atoms with Crippen molar-refractivity contribution in [3.63, 3.8) is 0 Å². The van der Waals surface area contributed by atoms with Crippen LogP contribution in [0.5, 0.6) is 0 Å². The molecule has 0 aliphatic rings. The molecule has 31 heavy (non-hydrogen) atoms. The largest absolute Gasteiger partial charge is 0.415 e. The molecule has 0 radical (unpaired) electrons. The van der Waals surface area contributed by atoms with E-state index in [1.54, 1.807) is 12.1 Å². The Kier molecular flexibility index (Phi) is 5.15. The van der Waals surface area contributed by atoms with Gasteiger partial charge < -0.3 is 10.2 Å². The summed E-state index contributed by atoms with van der Waals surface area (Å²) in [4.78, 5) is 12.2. The van der Waals surface area contributed by atoms with Crippen LogP contribution in [0.25, 0.3) is 22.8 Å². The van der Waals surface area contributed by atoms with Crippen molar-refractivity contribution in [2.75, 3.05) is 0 Å². The summed E-state index contributed by atoms with van der Waals surface area (Å²) >= 11 is 0. The van der Waals surface area contributed by atoms with Crippen molar-refractivity contribution in [1.29, 1.82) is 0 Å². The average molecular weight is 433 g/mol. The van der Waals surface area contributed by atoms with Crippen LogP contribution in [-0.4, -0.2) is 36.3 Å². The molecule has 2 N–H and O–H groups in total. The Balaban J connectivity index is 1.59. The molecule has 1 amide bonds. The fourth-order valence-corrected chi connectivity index (χ4v) is 2.70. The monoisotopic (exact) mass is 433 g/mol. The van der Waals surface area contributed by atoms with Crippen LogP contribution in [-0.2, 0) is 6.54 Å². The van der Waals surface area contributed by atoms with Crippen molar-refractivity contribution >= 4 is 5.91 Å². The maximum Gasteiger partial charge on any atom is 0.314 e. The van der Waals surface area contributed by atoms with Crippen LogP contribution in [0, 0.1) is 11.6 Å². The summed E-state index contributed by atoms with van der Waals surface area (Å²) in [6, 6.07) is 7.89. The number of rotatable bonds is 6. The van der Waals surface area contributed by atoms with Gasteiger partial charge in [0.2, 0.25) is 17.6 Å². The zero-order chi connectivity index (χ0) is 22.1. The van der Waals surface area contributed by atoms with E-state index in [0.717, 1.165) is 16.9 Å². The number of alkyl halides is 2. The maximum atomic E-state index is 14.5. The fourth-order valence-electron chi connectivity index (χ4n) is 2.70. The summed E-state index contributed by atoms with van der Waals surface area (Å²) < 4.78 is 58.8. The van der Waals surface area contributed by atoms with Gasteiger partial charge in [-0.3, -0.25) is 4.79 Å². The van der Waals surface area contributed by atoms with E-state index in [0.29, 0.717) is 5.56 Å². The molecular formula is C18H11F4N7O2. The highest BCUT2D eigenvalue weighted by Crippen LogP contribution is 2.26. The van der Waals surface area contributed by atoms with Crippen LogP contribution in [0.15, 0.2) is 40.8 Å². The number of amides is 1. The lowest BCUT2D eigenvalue weighted by Gasteiger charge is -2.05. The third-order valence-corrected chi connectivity index (χ3v) is 4.17. The van der Waals surface area contributed by atoms with Gasteiger partial charge in [-0.05, 0) is 29.5 Å². The third-order valence-electron chi connectivity index (χ3n) is 4.17. The first kappa shape index (κ1) is 20.1. The Morgan fingerprint density at radius 3 is 2.45 bits per heavy atom. The highest BCUT2D eigenvalue weighted by atomic mass is 19.3. The molecule has 0 atom stereocenters. The van der Waals surface area contributed by atoms with Crippen LogP contribution in [0.3, 0.4) is 0 Å². The van der Waals surface area contributed by atoms with Gasteiger partial charge in [0.25, 0.3) is 5.89 Å². The van der Waals surface area contributed by atoms with E-state index in [4.69, 9.17) is 10.2 Å². The lowest BCUT2D eigenvalue weighted by Crippen LogP contribution is -2.10. The van der Waals surface area contributed by atoms with E-state index in [1.807, 2.05) is 0 Å². The second kappa shape index (κ2) is 7.93. The number of hydrogen-bond acceptors (Lipinski definition) is 7. The molecule has 0 bridgehead atoms. The zero-order valence-corrected chi connectivity index (χ0v) is 15.3. The van der Waals surface area contributed by atoms with Gasteiger partial charge in [0.05, 0.1) is 6.54 Å². The van der Waals surface area contributed by atoms with Gasteiger partial charge >= 0.3 is 6.43 Å². The summed E-state index contributed by atoms with van der Waals surface area (Å²) in [7, 11) is 0. The van der Waals surface area contributed by atoms with E-state index in [1.165, 1.54) is 12.1 Å². The van der Waals surface area contributed by atoms with Crippen molar-refractivity contribution in [2.45, 2.75) is 13.0 Å². The summed E-state index contributed by atoms with van der Waals surface area (Å²) in [6.07, 6.45) is -3.01. The molecule has 0 aliphatic carbocycles. The Morgan fingerprint density at radius 2 is 1.81 bits per heavy atom. The van der Waals surface area contributed by atoms with E-state index >= 15 is 0 Å². The van der Waals surface area contributed by atoms with E-state index in [9.17, 15) is 22.4 Å². The van der Waals surface area contributed by atoms with Crippen molar-refractivity contribution in [3.8, 4) is 22.8 Å². The van der Waals surface area contributed by atoms with Crippen molar-refractivity contribution in [1.82, 2.24) is 30.4 Å². The molecule has 158 valence electrons. The van der Waals surface area contributed by atoms with E-state index < -0.39 is 47.9 Å². The molecular weight excluding hydrogens is 422 g/mol. The second-order valence-electron chi connectivity index (χ2n) is 6.25. The number of halogens is 4. The minimum Gasteiger partial charge on any atom is -0.415 e. The molecule has 2 aromatic heterocycles. The smallest absolute Gasteiger partial charge is 0.314 e. The number of tetrazole rings is 1. The SMILES string of the molecule is NC(=O)c1cccc(-c2nnn(Cc3c(F)cc(-c4nnc(C(F)F)o4)cc3F)n2)c1. The number of benzene rings is 2. The molecule has 0 saturated carbocycles. The van der Waals surface area contributed by atoms with Crippen molar-refractivity contribution in [3.05, 3.63) is 65.1 Å². The first-order chi connectivity index (χ1) is 14.8. The molecule has 4 rings (SSSR count). The second-order valence-corrected chi connectivity index (χ2v) is 6.25. The van der Waals surface area contributed by atoms with Gasteiger partial charge in [-0.25, -0.2) is 8.78 Å². The van der Waals surface area contributed by atoms with Crippen LogP contribution in [0.4, 0.5) is 17.6 Å². The van der Waals surface area contributed by atoms with Gasteiger partial charge in [-0.1, -0.05) is 12.1 Å². The van der Waals surface area contributed by atoms with Gasteiger partial charge in [0, 0.05) is 22.3 Å². The number of nitrogens with zero attached hydrogens (tertiary/aromatic N) is 6. The molecule has 0 fully saturated rings. The average Bonchev–Trinajstić information content (AvgIpc) is 3.41. The minimum absolute atomic E-state index is 0.117. The Morgan fingerprint density at radius 1 is 1.06 bits per heavy atom. The third kappa shape index (κ3) is 4.10. The summed E-state index contributed by atoms with van der Waals surface area (Å²) in [5, 5.41) is 18.1. The van der Waals surface area contributed by atoms with Crippen molar-refractivity contribution in [2.24, 2.45) is 5.73 Å². The van der Waals surface area contributed by atoms with Crippen LogP contribution >= 0.6 is 0 Å². The first-order valence-electron chi connectivity index (χ1n) is 8.59. The molecule has 4 aromatic rings. The van der Waals surface area contributed by atoms with Crippen LogP contribution < -0.4 is 5.73 Å². The van der Waals surface area contributed by atoms with Crippen molar-refractivity contribution < 1.29 is 26.8 Å². The Bertz CT molecular complexity index is 1250. The lowest BCUT2D eigenvalue weighted by atomic mass is 10.1. The molecule has 13 heteroatoms. The molecule has 2 heterocycles. The highest BCUT2D eigenvalue weighted by Gasteiger charge is 2.20. The molecule has 2 aromatic carbocycles. The number of carbonyl (C=O) groups excluding carboxylic acids is 1. The fraction of sp³-hybridized carbons (Fsp3) is 0.111. The van der Waals surface area contributed by atoms with Gasteiger partial charge in [-0.15, -0.1) is 20.4 Å². The lowest BCUT2D eigenvalue weighted by molar-refractivity contribution is 0.1000. The predicted octanol–water partition coefficient (Wildman–Crippen LogP) is 2.75. The topological polar surface area (TPSA) is 126 Å². The highest BCUT2D eigenvalue weighted by molar-refractivity contribution is 5.93. The summed E-state index contributed by atoms with van der Waals surface area (Å²) in [5.41, 5.74) is 5.31. The van der Waals surface area contributed by atoms with E-state index in [2.05, 4.69) is 25.6 Å². The molecule has 9 nitrogen and oxygen atoms in total. The Labute approximate surface area is 170 Å². The number of hydrogen-bond donors (Lipinski definition) is 1. The Hall–Kier alpha value is -4.16. The number of carbonyl (C=O) groups is 1. The molecule has 0 aliphatic heterocycles. The van der Waals surface area contributed by atoms with Gasteiger partial charge in [0.15, 0.2) is 0 Å².